The molecule has 0 radical (unpaired) electrons. The van der Waals surface area contributed by atoms with Crippen LogP contribution in [0.2, 0.25) is 10.0 Å². The van der Waals surface area contributed by atoms with Crippen LogP contribution in [0.25, 0.3) is 11.3 Å². The molecule has 2 aromatic rings. The second-order valence-corrected chi connectivity index (χ2v) is 4.34. The van der Waals surface area contributed by atoms with E-state index in [2.05, 4.69) is 9.72 Å². The van der Waals surface area contributed by atoms with E-state index < -0.39 is 5.97 Å². The van der Waals surface area contributed by atoms with Crippen LogP contribution in [0.5, 0.6) is 0 Å². The highest BCUT2D eigenvalue weighted by molar-refractivity contribution is 6.39. The number of methoxy groups -OCH3 is 1. The number of carbonyl (C=O) groups excluding carboxylic acids is 1. The summed E-state index contributed by atoms with van der Waals surface area (Å²) >= 11 is 12.1. The quantitative estimate of drug-likeness (QED) is 0.785. The van der Waals surface area contributed by atoms with E-state index in [1.54, 1.807) is 18.3 Å². The molecule has 0 aliphatic heterocycles. The molecule has 0 saturated carbocycles. The molecule has 3 nitrogen and oxygen atoms in total. The molecule has 0 saturated heterocycles. The van der Waals surface area contributed by atoms with Crippen molar-refractivity contribution in [3.05, 3.63) is 52.1 Å². The number of hydrogen-bond donors (Lipinski definition) is 0. The predicted molar refractivity (Wildman–Crippen MR) is 71.0 cm³/mol. The number of carbonyl (C=O) groups is 1. The van der Waals surface area contributed by atoms with Crippen molar-refractivity contribution in [1.29, 1.82) is 0 Å². The molecular weight excluding hydrogens is 273 g/mol. The average Bonchev–Trinajstić information content (AvgIpc) is 2.38. The lowest BCUT2D eigenvalue weighted by atomic mass is 10.1. The second-order valence-electron chi connectivity index (χ2n) is 3.52. The molecule has 0 fully saturated rings. The summed E-state index contributed by atoms with van der Waals surface area (Å²) in [5.74, 6) is -0.558. The van der Waals surface area contributed by atoms with E-state index in [0.717, 1.165) is 11.3 Å². The molecule has 1 aromatic carbocycles. The molecule has 92 valence electrons. The van der Waals surface area contributed by atoms with Gasteiger partial charge in [-0.05, 0) is 24.3 Å². The van der Waals surface area contributed by atoms with E-state index in [-0.39, 0.29) is 15.6 Å². The van der Waals surface area contributed by atoms with E-state index in [4.69, 9.17) is 23.2 Å². The van der Waals surface area contributed by atoms with E-state index >= 15 is 0 Å². The van der Waals surface area contributed by atoms with Crippen molar-refractivity contribution in [1.82, 2.24) is 4.98 Å². The van der Waals surface area contributed by atoms with Crippen molar-refractivity contribution in [3.8, 4) is 11.3 Å². The zero-order valence-electron chi connectivity index (χ0n) is 9.48. The predicted octanol–water partition coefficient (Wildman–Crippen LogP) is 3.84. The number of benzene rings is 1. The Morgan fingerprint density at radius 1 is 1.22 bits per heavy atom. The molecule has 1 heterocycles. The second kappa shape index (κ2) is 5.38. The van der Waals surface area contributed by atoms with Crippen LogP contribution in [-0.4, -0.2) is 18.1 Å². The summed E-state index contributed by atoms with van der Waals surface area (Å²) in [7, 11) is 1.28. The fraction of sp³-hybridized carbons (Fsp3) is 0.0769. The van der Waals surface area contributed by atoms with Crippen molar-refractivity contribution in [2.75, 3.05) is 7.11 Å². The smallest absolute Gasteiger partial charge is 0.340 e. The SMILES string of the molecule is COC(=O)c1c(Cl)cc(-c2ccccn2)cc1Cl. The van der Waals surface area contributed by atoms with Crippen LogP contribution in [-0.2, 0) is 4.74 Å². The Morgan fingerprint density at radius 3 is 2.39 bits per heavy atom. The first kappa shape index (κ1) is 12.9. The first-order valence-electron chi connectivity index (χ1n) is 5.12. The van der Waals surface area contributed by atoms with Gasteiger partial charge in [0.25, 0.3) is 0 Å². The third-order valence-electron chi connectivity index (χ3n) is 2.39. The molecule has 0 unspecified atom stereocenters. The highest BCUT2D eigenvalue weighted by atomic mass is 35.5. The lowest BCUT2D eigenvalue weighted by molar-refractivity contribution is 0.0601. The summed E-state index contributed by atoms with van der Waals surface area (Å²) in [6, 6.07) is 8.79. The molecule has 0 aliphatic carbocycles. The lowest BCUT2D eigenvalue weighted by Gasteiger charge is -2.08. The summed E-state index contributed by atoms with van der Waals surface area (Å²) in [5.41, 5.74) is 1.65. The number of halogens is 2. The third kappa shape index (κ3) is 2.47. The van der Waals surface area contributed by atoms with Crippen LogP contribution < -0.4 is 0 Å². The lowest BCUT2D eigenvalue weighted by Crippen LogP contribution is -2.03. The van der Waals surface area contributed by atoms with Gasteiger partial charge in [0.1, 0.15) is 0 Å². The molecule has 1 aromatic heterocycles. The Kier molecular flexibility index (Phi) is 3.84. The Bertz CT molecular complexity index is 562. The summed E-state index contributed by atoms with van der Waals surface area (Å²) in [4.78, 5) is 15.7. The van der Waals surface area contributed by atoms with E-state index in [1.807, 2.05) is 18.2 Å². The van der Waals surface area contributed by atoms with E-state index in [9.17, 15) is 4.79 Å². The summed E-state index contributed by atoms with van der Waals surface area (Å²) < 4.78 is 4.62. The van der Waals surface area contributed by atoms with Gasteiger partial charge in [0.05, 0.1) is 28.4 Å². The van der Waals surface area contributed by atoms with Gasteiger partial charge in [-0.2, -0.15) is 0 Å². The summed E-state index contributed by atoms with van der Waals surface area (Å²) in [5, 5.41) is 0.491. The van der Waals surface area contributed by atoms with Crippen molar-refractivity contribution < 1.29 is 9.53 Å². The summed E-state index contributed by atoms with van der Waals surface area (Å²) in [6.07, 6.45) is 1.67. The molecule has 0 N–H and O–H groups in total. The topological polar surface area (TPSA) is 39.2 Å². The number of esters is 1. The maximum Gasteiger partial charge on any atom is 0.340 e. The number of aromatic nitrogens is 1. The first-order chi connectivity index (χ1) is 8.63. The Hall–Kier alpha value is -1.58. The van der Waals surface area contributed by atoms with Gasteiger partial charge >= 0.3 is 5.97 Å². The molecule has 5 heteroatoms. The van der Waals surface area contributed by atoms with Gasteiger partial charge in [0.15, 0.2) is 0 Å². The standard InChI is InChI=1S/C13H9Cl2NO2/c1-18-13(17)12-9(14)6-8(7-10(12)15)11-4-2-3-5-16-11/h2-7H,1H3. The van der Waals surface area contributed by atoms with Gasteiger partial charge in [0.2, 0.25) is 0 Å². The zero-order chi connectivity index (χ0) is 13.1. The number of ether oxygens (including phenoxy) is 1. The van der Waals surface area contributed by atoms with Crippen molar-refractivity contribution >= 4 is 29.2 Å². The van der Waals surface area contributed by atoms with Crippen LogP contribution >= 0.6 is 23.2 Å². The van der Waals surface area contributed by atoms with Crippen molar-refractivity contribution in [2.24, 2.45) is 0 Å². The Balaban J connectivity index is 2.53. The van der Waals surface area contributed by atoms with Gasteiger partial charge in [-0.3, -0.25) is 4.98 Å². The molecule has 2 rings (SSSR count). The van der Waals surface area contributed by atoms with Gasteiger partial charge in [0, 0.05) is 11.8 Å². The van der Waals surface area contributed by atoms with Crippen molar-refractivity contribution in [3.63, 3.8) is 0 Å². The van der Waals surface area contributed by atoms with Crippen LogP contribution in [0.1, 0.15) is 10.4 Å². The fourth-order valence-electron chi connectivity index (χ4n) is 1.55. The number of nitrogens with zero attached hydrogens (tertiary/aromatic N) is 1. The Labute approximate surface area is 114 Å². The highest BCUT2D eigenvalue weighted by Crippen LogP contribution is 2.31. The molecule has 0 aliphatic rings. The highest BCUT2D eigenvalue weighted by Gasteiger charge is 2.17. The largest absolute Gasteiger partial charge is 0.465 e. The van der Waals surface area contributed by atoms with Gasteiger partial charge in [-0.15, -0.1) is 0 Å². The maximum atomic E-state index is 11.5. The third-order valence-corrected chi connectivity index (χ3v) is 2.99. The van der Waals surface area contributed by atoms with E-state index in [0.29, 0.717) is 0 Å². The number of hydrogen-bond acceptors (Lipinski definition) is 3. The van der Waals surface area contributed by atoms with Crippen LogP contribution in [0.15, 0.2) is 36.5 Å². The molecule has 0 spiro atoms. The Morgan fingerprint density at radius 2 is 1.89 bits per heavy atom. The van der Waals surface area contributed by atoms with Crippen molar-refractivity contribution in [2.45, 2.75) is 0 Å². The fourth-order valence-corrected chi connectivity index (χ4v) is 2.19. The normalized spacial score (nSPS) is 10.2. The average molecular weight is 282 g/mol. The molecule has 0 bridgehead atoms. The van der Waals surface area contributed by atoms with Gasteiger partial charge < -0.3 is 4.74 Å². The minimum atomic E-state index is -0.558. The van der Waals surface area contributed by atoms with Gasteiger partial charge in [-0.25, -0.2) is 4.79 Å². The number of pyridine rings is 1. The monoisotopic (exact) mass is 281 g/mol. The number of rotatable bonds is 2. The maximum absolute atomic E-state index is 11.5. The minimum Gasteiger partial charge on any atom is -0.465 e. The first-order valence-corrected chi connectivity index (χ1v) is 5.88. The van der Waals surface area contributed by atoms with Crippen LogP contribution in [0.4, 0.5) is 0 Å². The van der Waals surface area contributed by atoms with Crippen LogP contribution in [0, 0.1) is 0 Å². The molecule has 18 heavy (non-hydrogen) atoms. The van der Waals surface area contributed by atoms with E-state index in [1.165, 1.54) is 7.11 Å². The summed E-state index contributed by atoms with van der Waals surface area (Å²) in [6.45, 7) is 0. The molecule has 0 atom stereocenters. The molecule has 0 amide bonds. The zero-order valence-corrected chi connectivity index (χ0v) is 11.0. The molecular formula is C13H9Cl2NO2. The minimum absolute atomic E-state index is 0.167. The van der Waals surface area contributed by atoms with Crippen LogP contribution in [0.3, 0.4) is 0 Å². The van der Waals surface area contributed by atoms with Gasteiger partial charge in [-0.1, -0.05) is 29.3 Å².